The predicted octanol–water partition coefficient (Wildman–Crippen LogP) is 2.27. The Morgan fingerprint density at radius 1 is 1.35 bits per heavy atom. The van der Waals surface area contributed by atoms with Gasteiger partial charge in [-0.3, -0.25) is 4.90 Å². The molecule has 20 heavy (non-hydrogen) atoms. The van der Waals surface area contributed by atoms with E-state index in [9.17, 15) is 0 Å². The highest BCUT2D eigenvalue weighted by molar-refractivity contribution is 5.25. The van der Waals surface area contributed by atoms with E-state index in [4.69, 9.17) is 5.73 Å². The molecule has 1 aliphatic rings. The lowest BCUT2D eigenvalue weighted by Crippen LogP contribution is -2.40. The Morgan fingerprint density at radius 2 is 2.00 bits per heavy atom. The first-order valence-electron chi connectivity index (χ1n) is 7.68. The van der Waals surface area contributed by atoms with E-state index in [0.29, 0.717) is 6.04 Å². The first kappa shape index (κ1) is 15.5. The van der Waals surface area contributed by atoms with Crippen molar-refractivity contribution in [1.29, 1.82) is 0 Å². The molecule has 3 heteroatoms. The maximum absolute atomic E-state index is 6.26. The Bertz CT molecular complexity index is 413. The van der Waals surface area contributed by atoms with E-state index in [2.05, 4.69) is 62.0 Å². The molecular formula is C17H29N3. The summed E-state index contributed by atoms with van der Waals surface area (Å²) in [6, 6.07) is 9.26. The van der Waals surface area contributed by atoms with E-state index in [-0.39, 0.29) is 6.04 Å². The topological polar surface area (TPSA) is 32.5 Å². The number of nitrogens with zero attached hydrogens (tertiary/aromatic N) is 2. The van der Waals surface area contributed by atoms with E-state index >= 15 is 0 Å². The smallest absolute Gasteiger partial charge is 0.0493 e. The Morgan fingerprint density at radius 3 is 2.50 bits per heavy atom. The average Bonchev–Trinajstić information content (AvgIpc) is 2.77. The molecule has 2 N–H and O–H groups in total. The number of hydrogen-bond donors (Lipinski definition) is 1. The molecule has 3 atom stereocenters. The van der Waals surface area contributed by atoms with Crippen molar-refractivity contribution >= 4 is 0 Å². The third kappa shape index (κ3) is 3.81. The van der Waals surface area contributed by atoms with Gasteiger partial charge in [0.1, 0.15) is 0 Å². The number of likely N-dealkylation sites (N-methyl/N-ethyl adjacent to an activating group) is 1. The summed E-state index contributed by atoms with van der Waals surface area (Å²) in [7, 11) is 4.43. The fourth-order valence-corrected chi connectivity index (χ4v) is 3.42. The van der Waals surface area contributed by atoms with Gasteiger partial charge in [0.25, 0.3) is 0 Å². The van der Waals surface area contributed by atoms with Gasteiger partial charge in [-0.25, -0.2) is 0 Å². The van der Waals surface area contributed by atoms with E-state index in [1.807, 2.05) is 0 Å². The van der Waals surface area contributed by atoms with E-state index in [1.165, 1.54) is 30.6 Å². The molecule has 0 spiro atoms. The summed E-state index contributed by atoms with van der Waals surface area (Å²) in [6.45, 7) is 7.81. The van der Waals surface area contributed by atoms with Crippen LogP contribution in [0.3, 0.4) is 0 Å². The summed E-state index contributed by atoms with van der Waals surface area (Å²) in [4.78, 5) is 4.87. The highest BCUT2D eigenvalue weighted by atomic mass is 15.2. The van der Waals surface area contributed by atoms with Crippen molar-refractivity contribution in [2.75, 3.05) is 33.7 Å². The van der Waals surface area contributed by atoms with Crippen molar-refractivity contribution in [2.24, 2.45) is 11.7 Å². The van der Waals surface area contributed by atoms with Gasteiger partial charge in [0.2, 0.25) is 0 Å². The molecule has 0 saturated carbocycles. The molecule has 2 rings (SSSR count). The van der Waals surface area contributed by atoms with Gasteiger partial charge in [0.15, 0.2) is 0 Å². The standard InChI is InChI=1S/C17H29N3/c1-13-5-7-16(8-6-13)17(14(2)18)20(4)12-15-9-10-19(3)11-15/h5-8,14-15,17H,9-12,18H2,1-4H3. The molecule has 3 unspecified atom stereocenters. The second-order valence-corrected chi connectivity index (χ2v) is 6.57. The molecule has 1 aromatic rings. The molecule has 112 valence electrons. The first-order valence-corrected chi connectivity index (χ1v) is 7.68. The van der Waals surface area contributed by atoms with Crippen LogP contribution in [-0.4, -0.2) is 49.6 Å². The fraction of sp³-hybridized carbons (Fsp3) is 0.647. The van der Waals surface area contributed by atoms with Crippen LogP contribution in [0.1, 0.15) is 30.5 Å². The molecule has 0 aliphatic carbocycles. The minimum absolute atomic E-state index is 0.141. The van der Waals surface area contributed by atoms with Gasteiger partial charge >= 0.3 is 0 Å². The molecule has 1 aromatic carbocycles. The summed E-state index contributed by atoms with van der Waals surface area (Å²) in [5.74, 6) is 0.775. The minimum Gasteiger partial charge on any atom is -0.326 e. The number of likely N-dealkylation sites (tertiary alicyclic amines) is 1. The summed E-state index contributed by atoms with van der Waals surface area (Å²) in [5, 5.41) is 0. The minimum atomic E-state index is 0.141. The molecule has 1 fully saturated rings. The molecule has 0 bridgehead atoms. The summed E-state index contributed by atoms with van der Waals surface area (Å²) in [5.41, 5.74) is 8.89. The molecule has 0 radical (unpaired) electrons. The molecule has 3 nitrogen and oxygen atoms in total. The SMILES string of the molecule is Cc1ccc(C(C(C)N)N(C)CC2CCN(C)C2)cc1. The Kier molecular flexibility index (Phi) is 5.19. The third-order valence-electron chi connectivity index (χ3n) is 4.43. The zero-order valence-electron chi connectivity index (χ0n) is 13.3. The summed E-state index contributed by atoms with van der Waals surface area (Å²) >= 11 is 0. The average molecular weight is 275 g/mol. The van der Waals surface area contributed by atoms with Crippen LogP contribution in [0.15, 0.2) is 24.3 Å². The number of nitrogens with two attached hydrogens (primary N) is 1. The molecule has 1 aliphatic heterocycles. The van der Waals surface area contributed by atoms with Crippen molar-refractivity contribution in [3.8, 4) is 0 Å². The van der Waals surface area contributed by atoms with Crippen LogP contribution in [0.5, 0.6) is 0 Å². The highest BCUT2D eigenvalue weighted by Gasteiger charge is 2.26. The third-order valence-corrected chi connectivity index (χ3v) is 4.43. The van der Waals surface area contributed by atoms with Gasteiger partial charge in [-0.05, 0) is 52.4 Å². The van der Waals surface area contributed by atoms with Crippen molar-refractivity contribution in [1.82, 2.24) is 9.80 Å². The molecule has 0 amide bonds. The van der Waals surface area contributed by atoms with E-state index in [0.717, 1.165) is 12.5 Å². The lowest BCUT2D eigenvalue weighted by atomic mass is 9.97. The van der Waals surface area contributed by atoms with E-state index < -0.39 is 0 Å². The second kappa shape index (κ2) is 6.70. The summed E-state index contributed by atoms with van der Waals surface area (Å²) in [6.07, 6.45) is 1.31. The van der Waals surface area contributed by atoms with Gasteiger partial charge in [-0.15, -0.1) is 0 Å². The van der Waals surface area contributed by atoms with Crippen LogP contribution in [0.25, 0.3) is 0 Å². The zero-order valence-corrected chi connectivity index (χ0v) is 13.3. The Labute approximate surface area is 123 Å². The maximum atomic E-state index is 6.26. The van der Waals surface area contributed by atoms with Crippen molar-refractivity contribution in [3.63, 3.8) is 0 Å². The first-order chi connectivity index (χ1) is 9.47. The second-order valence-electron chi connectivity index (χ2n) is 6.57. The van der Waals surface area contributed by atoms with Gasteiger partial charge in [-0.1, -0.05) is 29.8 Å². The molecule has 0 aromatic heterocycles. The largest absolute Gasteiger partial charge is 0.326 e. The molecular weight excluding hydrogens is 246 g/mol. The lowest BCUT2D eigenvalue weighted by Gasteiger charge is -2.33. The van der Waals surface area contributed by atoms with Crippen LogP contribution < -0.4 is 5.73 Å². The van der Waals surface area contributed by atoms with Gasteiger partial charge < -0.3 is 10.6 Å². The monoisotopic (exact) mass is 275 g/mol. The summed E-state index contributed by atoms with van der Waals surface area (Å²) < 4.78 is 0. The maximum Gasteiger partial charge on any atom is 0.0493 e. The molecule has 1 heterocycles. The van der Waals surface area contributed by atoms with Crippen LogP contribution in [0.4, 0.5) is 0 Å². The molecule has 1 saturated heterocycles. The van der Waals surface area contributed by atoms with Crippen molar-refractivity contribution in [2.45, 2.75) is 32.4 Å². The quantitative estimate of drug-likeness (QED) is 0.895. The van der Waals surface area contributed by atoms with Gasteiger partial charge in [-0.2, -0.15) is 0 Å². The number of aryl methyl sites for hydroxylation is 1. The Balaban J connectivity index is 2.06. The predicted molar refractivity (Wildman–Crippen MR) is 85.8 cm³/mol. The number of rotatable bonds is 5. The number of benzene rings is 1. The lowest BCUT2D eigenvalue weighted by molar-refractivity contribution is 0.187. The van der Waals surface area contributed by atoms with Crippen LogP contribution in [-0.2, 0) is 0 Å². The fourth-order valence-electron chi connectivity index (χ4n) is 3.42. The van der Waals surface area contributed by atoms with Crippen LogP contribution in [0.2, 0.25) is 0 Å². The van der Waals surface area contributed by atoms with Gasteiger partial charge in [0.05, 0.1) is 0 Å². The highest BCUT2D eigenvalue weighted by Crippen LogP contribution is 2.25. The number of hydrogen-bond acceptors (Lipinski definition) is 3. The zero-order chi connectivity index (χ0) is 14.7. The van der Waals surface area contributed by atoms with Crippen molar-refractivity contribution in [3.05, 3.63) is 35.4 Å². The van der Waals surface area contributed by atoms with E-state index in [1.54, 1.807) is 0 Å². The van der Waals surface area contributed by atoms with Gasteiger partial charge in [0, 0.05) is 25.2 Å². The Hall–Kier alpha value is -0.900. The van der Waals surface area contributed by atoms with Crippen LogP contribution >= 0.6 is 0 Å². The van der Waals surface area contributed by atoms with Crippen LogP contribution in [0, 0.1) is 12.8 Å². The normalized spacial score (nSPS) is 23.2. The van der Waals surface area contributed by atoms with Crippen molar-refractivity contribution < 1.29 is 0 Å².